The van der Waals surface area contributed by atoms with Gasteiger partial charge in [0.2, 0.25) is 5.91 Å². The van der Waals surface area contributed by atoms with E-state index in [1.807, 2.05) is 20.8 Å². The number of hydrogen-bond acceptors (Lipinski definition) is 3. The number of rotatable bonds is 5. The van der Waals surface area contributed by atoms with Crippen molar-refractivity contribution in [1.29, 1.82) is 0 Å². The van der Waals surface area contributed by atoms with E-state index in [0.29, 0.717) is 18.8 Å². The van der Waals surface area contributed by atoms with Crippen LogP contribution in [0.2, 0.25) is 0 Å². The lowest BCUT2D eigenvalue weighted by Crippen LogP contribution is -2.46. The molecule has 5 heteroatoms. The van der Waals surface area contributed by atoms with Crippen LogP contribution in [0.5, 0.6) is 0 Å². The summed E-state index contributed by atoms with van der Waals surface area (Å²) in [5, 5.41) is 12.2. The second-order valence-corrected chi connectivity index (χ2v) is 7.80. The molecule has 0 aromatic heterocycles. The van der Waals surface area contributed by atoms with Gasteiger partial charge in [-0.1, -0.05) is 12.8 Å². The first-order valence-corrected chi connectivity index (χ1v) is 8.44. The molecule has 2 saturated carbocycles. The molecule has 126 valence electrons. The van der Waals surface area contributed by atoms with E-state index in [9.17, 15) is 14.7 Å². The van der Waals surface area contributed by atoms with E-state index < -0.39 is 11.9 Å². The van der Waals surface area contributed by atoms with Crippen LogP contribution >= 0.6 is 0 Å². The molecular formula is C17H29NO4. The number of amides is 1. The third-order valence-electron chi connectivity index (χ3n) is 4.62. The Morgan fingerprint density at radius 1 is 1.18 bits per heavy atom. The van der Waals surface area contributed by atoms with E-state index in [1.165, 1.54) is 0 Å². The molecular weight excluding hydrogens is 282 g/mol. The van der Waals surface area contributed by atoms with Crippen molar-refractivity contribution in [3.05, 3.63) is 0 Å². The highest BCUT2D eigenvalue weighted by Crippen LogP contribution is 2.35. The van der Waals surface area contributed by atoms with Crippen molar-refractivity contribution < 1.29 is 19.4 Å². The number of hydrogen-bond donors (Lipinski definition) is 2. The Kier molecular flexibility index (Phi) is 5.48. The van der Waals surface area contributed by atoms with E-state index in [0.717, 1.165) is 32.1 Å². The van der Waals surface area contributed by atoms with Gasteiger partial charge in [0.25, 0.3) is 0 Å². The van der Waals surface area contributed by atoms with Crippen molar-refractivity contribution in [3.8, 4) is 0 Å². The maximum atomic E-state index is 12.1. The molecule has 0 radical (unpaired) electrons. The van der Waals surface area contributed by atoms with Gasteiger partial charge in [0.1, 0.15) is 0 Å². The molecule has 5 nitrogen and oxygen atoms in total. The monoisotopic (exact) mass is 311 g/mol. The van der Waals surface area contributed by atoms with Crippen molar-refractivity contribution in [3.63, 3.8) is 0 Å². The highest BCUT2D eigenvalue weighted by atomic mass is 16.5. The van der Waals surface area contributed by atoms with Crippen LogP contribution in [0.3, 0.4) is 0 Å². The average molecular weight is 311 g/mol. The molecule has 2 fully saturated rings. The van der Waals surface area contributed by atoms with Crippen molar-refractivity contribution in [2.24, 2.45) is 11.8 Å². The summed E-state index contributed by atoms with van der Waals surface area (Å²) in [6.45, 7) is 6.13. The lowest BCUT2D eigenvalue weighted by molar-refractivity contribution is -0.144. The van der Waals surface area contributed by atoms with Crippen LogP contribution in [0, 0.1) is 11.8 Å². The molecule has 22 heavy (non-hydrogen) atoms. The molecule has 0 aliphatic heterocycles. The third kappa shape index (κ3) is 4.97. The zero-order chi connectivity index (χ0) is 16.3. The number of nitrogens with one attached hydrogen (secondary N) is 1. The van der Waals surface area contributed by atoms with Crippen molar-refractivity contribution in [2.75, 3.05) is 0 Å². The molecule has 0 bridgehead atoms. The maximum absolute atomic E-state index is 12.1. The molecule has 0 aromatic carbocycles. The number of ether oxygens (including phenoxy) is 1. The molecule has 0 unspecified atom stereocenters. The number of carboxylic acid groups (broad SMARTS) is 1. The fraction of sp³-hybridized carbons (Fsp3) is 0.882. The molecule has 0 spiro atoms. The van der Waals surface area contributed by atoms with Gasteiger partial charge in [-0.3, -0.25) is 9.59 Å². The molecule has 0 saturated heterocycles. The predicted octanol–water partition coefficient (Wildman–Crippen LogP) is 2.73. The summed E-state index contributed by atoms with van der Waals surface area (Å²) in [5.74, 6) is -0.833. The molecule has 2 N–H and O–H groups in total. The third-order valence-corrected chi connectivity index (χ3v) is 4.62. The van der Waals surface area contributed by atoms with Crippen LogP contribution in [0.4, 0.5) is 0 Å². The van der Waals surface area contributed by atoms with E-state index in [1.54, 1.807) is 0 Å². The number of carbonyl (C=O) groups is 2. The summed E-state index contributed by atoms with van der Waals surface area (Å²) in [4.78, 5) is 23.4. The minimum Gasteiger partial charge on any atom is -0.481 e. The van der Waals surface area contributed by atoms with Gasteiger partial charge >= 0.3 is 5.97 Å². The fourth-order valence-corrected chi connectivity index (χ4v) is 3.56. The average Bonchev–Trinajstić information content (AvgIpc) is 2.35. The number of carbonyl (C=O) groups excluding carboxylic acids is 1. The molecule has 2 aliphatic rings. The van der Waals surface area contributed by atoms with E-state index >= 15 is 0 Å². The van der Waals surface area contributed by atoms with Crippen LogP contribution in [-0.4, -0.2) is 34.7 Å². The maximum Gasteiger partial charge on any atom is 0.308 e. The SMILES string of the molecule is CC(C)(C)OC1CC(CC(=O)N[C@@H]2CCCC[C@@H]2C(=O)O)C1. The first-order chi connectivity index (χ1) is 10.2. The van der Waals surface area contributed by atoms with Crippen molar-refractivity contribution >= 4 is 11.9 Å². The first kappa shape index (κ1) is 17.3. The smallest absolute Gasteiger partial charge is 0.308 e. The Morgan fingerprint density at radius 3 is 2.41 bits per heavy atom. The Labute approximate surface area is 132 Å². The number of aliphatic carboxylic acids is 1. The minimum atomic E-state index is -0.785. The standard InChI is InChI=1S/C17H29NO4/c1-17(2,3)22-12-8-11(9-12)10-15(19)18-14-7-5-4-6-13(14)16(20)21/h11-14H,4-10H2,1-3H3,(H,18,19)(H,20,21)/t11?,12?,13-,14+/m0/s1. The van der Waals surface area contributed by atoms with Gasteiger partial charge in [-0.25, -0.2) is 0 Å². The largest absolute Gasteiger partial charge is 0.481 e. The molecule has 0 heterocycles. The van der Waals surface area contributed by atoms with Gasteiger partial charge in [0.05, 0.1) is 17.6 Å². The normalized spacial score (nSPS) is 32.1. The molecule has 2 aliphatic carbocycles. The Balaban J connectivity index is 1.71. The van der Waals surface area contributed by atoms with Crippen LogP contribution in [0.15, 0.2) is 0 Å². The van der Waals surface area contributed by atoms with Crippen molar-refractivity contribution in [1.82, 2.24) is 5.32 Å². The summed E-state index contributed by atoms with van der Waals surface area (Å²) < 4.78 is 5.87. The molecule has 0 aromatic rings. The van der Waals surface area contributed by atoms with Crippen molar-refractivity contribution in [2.45, 2.75) is 83.5 Å². The number of carboxylic acids is 1. The molecule has 1 amide bonds. The van der Waals surface area contributed by atoms with Crippen LogP contribution in [0.1, 0.15) is 65.7 Å². The first-order valence-electron chi connectivity index (χ1n) is 8.44. The summed E-state index contributed by atoms with van der Waals surface area (Å²) in [6.07, 6.45) is 6.01. The van der Waals surface area contributed by atoms with Gasteiger partial charge in [0, 0.05) is 12.5 Å². The quantitative estimate of drug-likeness (QED) is 0.818. The van der Waals surface area contributed by atoms with Crippen LogP contribution < -0.4 is 5.32 Å². The zero-order valence-corrected chi connectivity index (χ0v) is 13.9. The van der Waals surface area contributed by atoms with Gasteiger partial charge in [-0.15, -0.1) is 0 Å². The van der Waals surface area contributed by atoms with Crippen LogP contribution in [-0.2, 0) is 14.3 Å². The highest BCUT2D eigenvalue weighted by Gasteiger charge is 2.36. The second-order valence-electron chi connectivity index (χ2n) is 7.80. The summed E-state index contributed by atoms with van der Waals surface area (Å²) in [7, 11) is 0. The van der Waals surface area contributed by atoms with E-state index in [4.69, 9.17) is 4.74 Å². The molecule has 2 rings (SSSR count). The zero-order valence-electron chi connectivity index (χ0n) is 13.9. The highest BCUT2D eigenvalue weighted by molar-refractivity contribution is 5.78. The Hall–Kier alpha value is -1.10. The van der Waals surface area contributed by atoms with Gasteiger partial charge in [0.15, 0.2) is 0 Å². The van der Waals surface area contributed by atoms with Gasteiger partial charge < -0.3 is 15.2 Å². The predicted molar refractivity (Wildman–Crippen MR) is 83.5 cm³/mol. The Morgan fingerprint density at radius 2 is 1.82 bits per heavy atom. The summed E-state index contributed by atoms with van der Waals surface area (Å²) in [5.41, 5.74) is -0.130. The fourth-order valence-electron chi connectivity index (χ4n) is 3.56. The lowest BCUT2D eigenvalue weighted by Gasteiger charge is -2.39. The van der Waals surface area contributed by atoms with E-state index in [-0.39, 0.29) is 23.7 Å². The van der Waals surface area contributed by atoms with E-state index in [2.05, 4.69) is 5.32 Å². The summed E-state index contributed by atoms with van der Waals surface area (Å²) in [6, 6.07) is -0.194. The Bertz CT molecular complexity index is 409. The minimum absolute atomic E-state index is 0.00245. The summed E-state index contributed by atoms with van der Waals surface area (Å²) >= 11 is 0. The second kappa shape index (κ2) is 6.99. The molecule has 2 atom stereocenters. The van der Waals surface area contributed by atoms with Gasteiger partial charge in [-0.05, 0) is 52.4 Å². The lowest BCUT2D eigenvalue weighted by atomic mass is 9.79. The van der Waals surface area contributed by atoms with Crippen LogP contribution in [0.25, 0.3) is 0 Å². The van der Waals surface area contributed by atoms with Gasteiger partial charge in [-0.2, -0.15) is 0 Å². The topological polar surface area (TPSA) is 75.6 Å².